The highest BCUT2D eigenvalue weighted by atomic mass is 32.1. The molecule has 2 aromatic rings. The van der Waals surface area contributed by atoms with Crippen molar-refractivity contribution in [2.75, 3.05) is 0 Å². The first-order chi connectivity index (χ1) is 8.94. The monoisotopic (exact) mass is 388 g/mol. The van der Waals surface area contributed by atoms with Gasteiger partial charge in [0.25, 0.3) is 0 Å². The zero-order valence-corrected chi connectivity index (χ0v) is 12.7. The summed E-state index contributed by atoms with van der Waals surface area (Å²) in [6.07, 6.45) is -3.65. The Hall–Kier alpha value is -1.84. The van der Waals surface area contributed by atoms with Crippen molar-refractivity contribution in [1.82, 2.24) is 0 Å². The Labute approximate surface area is 138 Å². The van der Waals surface area contributed by atoms with E-state index >= 15 is 0 Å². The van der Waals surface area contributed by atoms with E-state index < -0.39 is 17.9 Å². The topological polar surface area (TPSA) is 0 Å². The molecule has 2 rings (SSSR count). The molecule has 0 amide bonds. The van der Waals surface area contributed by atoms with Crippen LogP contribution in [0.25, 0.3) is 0 Å². The minimum atomic E-state index is -4.04. The maximum Gasteiger partial charge on any atom is 0.332 e. The molecule has 142 valence electrons. The van der Waals surface area contributed by atoms with E-state index in [4.69, 9.17) is 0 Å². The smallest absolute Gasteiger partial charge is 0.269 e. The summed E-state index contributed by atoms with van der Waals surface area (Å²) in [6, 6.07) is 15.8. The first kappa shape index (κ1) is 33.7. The molecule has 0 nitrogen and oxygen atoms in total. The second-order valence-corrected chi connectivity index (χ2v) is 4.14. The van der Waals surface area contributed by atoms with Crippen LogP contribution in [0.2, 0.25) is 0 Å². The third-order valence-corrected chi connectivity index (χ3v) is 2.49. The molecule has 0 heterocycles. The number of benzene rings is 2. The molecule has 0 aromatic heterocycles. The molecule has 0 unspecified atom stereocenters. The van der Waals surface area contributed by atoms with Gasteiger partial charge in [0.05, 0.1) is 0 Å². The van der Waals surface area contributed by atoms with Gasteiger partial charge in [0.2, 0.25) is 0 Å². The molecule has 0 N–H and O–H groups in total. The lowest BCUT2D eigenvalue weighted by Gasteiger charge is -2.14. The molecule has 0 aliphatic carbocycles. The Kier molecular flexibility index (Phi) is 22.5. The highest BCUT2D eigenvalue weighted by Crippen LogP contribution is 2.33. The summed E-state index contributed by atoms with van der Waals surface area (Å²) < 4.78 is 48.6. The van der Waals surface area contributed by atoms with Crippen molar-refractivity contribution in [3.63, 3.8) is 0 Å². The Morgan fingerprint density at radius 1 is 0.667 bits per heavy atom. The lowest BCUT2D eigenvalue weighted by atomic mass is 10.1. The minimum absolute atomic E-state index is 0. The van der Waals surface area contributed by atoms with E-state index in [0.717, 1.165) is 17.0 Å². The summed E-state index contributed by atoms with van der Waals surface area (Å²) in [5.41, 5.74) is -0.653. The van der Waals surface area contributed by atoms with Gasteiger partial charge in [-0.05, 0) is 12.1 Å². The lowest BCUT2D eigenvalue weighted by molar-refractivity contribution is -0.135. The van der Waals surface area contributed by atoms with Gasteiger partial charge in [-0.15, -0.1) is 12.6 Å². The number of halogens is 9. The van der Waals surface area contributed by atoms with E-state index in [1.54, 1.807) is 0 Å². The molecule has 0 aliphatic heterocycles. The van der Waals surface area contributed by atoms with Crippen LogP contribution in [0.4, 0.5) is 41.1 Å². The van der Waals surface area contributed by atoms with Crippen molar-refractivity contribution in [2.45, 2.75) is 17.2 Å². The van der Waals surface area contributed by atoms with Gasteiger partial charge >= 0.3 is 12.3 Å². The van der Waals surface area contributed by atoms with Gasteiger partial charge in [0, 0.05) is 10.5 Å². The molecule has 0 aliphatic rings. The molecule has 0 saturated heterocycles. The molecule has 2 aromatic carbocycles. The summed E-state index contributed by atoms with van der Waals surface area (Å²) in [4.78, 5) is 1.02. The van der Waals surface area contributed by atoms with Crippen molar-refractivity contribution >= 4 is 12.6 Å². The Morgan fingerprint density at radius 2 is 1.00 bits per heavy atom. The van der Waals surface area contributed by atoms with Gasteiger partial charge in [-0.2, -0.15) is 8.78 Å². The molecule has 0 bridgehead atoms. The van der Waals surface area contributed by atoms with Gasteiger partial charge in [-0.1, -0.05) is 48.5 Å². The van der Waals surface area contributed by atoms with Crippen LogP contribution in [0.15, 0.2) is 65.6 Å². The van der Waals surface area contributed by atoms with Crippen LogP contribution < -0.4 is 0 Å². The van der Waals surface area contributed by atoms with Crippen LogP contribution in [-0.4, -0.2) is 6.43 Å². The fraction of sp³-hybridized carbons (Fsp3) is 0.143. The summed E-state index contributed by atoms with van der Waals surface area (Å²) in [5, 5.41) is 0. The van der Waals surface area contributed by atoms with E-state index in [2.05, 4.69) is 12.6 Å². The summed E-state index contributed by atoms with van der Waals surface area (Å²) in [5.74, 6) is -4.04. The van der Waals surface area contributed by atoms with E-state index in [1.807, 2.05) is 30.3 Å². The predicted molar refractivity (Wildman–Crippen MR) is 82.5 cm³/mol. The molecule has 0 spiro atoms. The first-order valence-corrected chi connectivity index (χ1v) is 5.85. The highest BCUT2D eigenvalue weighted by molar-refractivity contribution is 7.80. The third-order valence-electron chi connectivity index (χ3n) is 2.19. The number of thiol groups is 1. The fourth-order valence-electron chi connectivity index (χ4n) is 1.21. The number of hydrogen-bond donors (Lipinski definition) is 1. The fourth-order valence-corrected chi connectivity index (χ4v) is 1.39. The second-order valence-electron chi connectivity index (χ2n) is 3.63. The van der Waals surface area contributed by atoms with Gasteiger partial charge < -0.3 is 0 Å². The Bertz CT molecular complexity index is 480. The van der Waals surface area contributed by atoms with Crippen molar-refractivity contribution < 1.29 is 41.1 Å². The summed E-state index contributed by atoms with van der Waals surface area (Å²) in [7, 11) is 0. The van der Waals surface area contributed by atoms with Crippen molar-refractivity contribution in [3.05, 3.63) is 66.2 Å². The quantitative estimate of drug-likeness (QED) is 0.489. The van der Waals surface area contributed by atoms with Crippen LogP contribution in [0, 0.1) is 0 Å². The standard InChI is InChI=1S/C8H6F4.C6H6S.5FH/c9-7(10)8(11,12)6-4-2-1-3-5-6;7-6-4-2-1-3-5-6;;;;;/h1-5,7H;1-5,7H;5*1H. The minimum Gasteiger partial charge on any atom is -0.269 e. The van der Waals surface area contributed by atoms with Crippen LogP contribution >= 0.6 is 12.6 Å². The van der Waals surface area contributed by atoms with Crippen LogP contribution in [0.5, 0.6) is 0 Å². The van der Waals surface area contributed by atoms with Crippen molar-refractivity contribution in [3.8, 4) is 0 Å². The maximum absolute atomic E-state index is 12.5. The maximum atomic E-state index is 12.5. The first-order valence-electron chi connectivity index (χ1n) is 5.40. The molecular weight excluding hydrogens is 371 g/mol. The molecule has 10 heteroatoms. The number of alkyl halides is 4. The zero-order valence-electron chi connectivity index (χ0n) is 11.9. The van der Waals surface area contributed by atoms with Crippen LogP contribution in [-0.2, 0) is 5.92 Å². The van der Waals surface area contributed by atoms with Gasteiger partial charge in [-0.3, -0.25) is 23.5 Å². The third kappa shape index (κ3) is 10.8. The Balaban J connectivity index is -0.0000000894. The molecule has 0 fully saturated rings. The zero-order chi connectivity index (χ0) is 14.3. The van der Waals surface area contributed by atoms with E-state index in [1.165, 1.54) is 18.2 Å². The van der Waals surface area contributed by atoms with Crippen molar-refractivity contribution in [1.29, 1.82) is 0 Å². The lowest BCUT2D eigenvalue weighted by Crippen LogP contribution is -2.23. The SMILES string of the molecule is F.F.F.F.F.FC(F)C(F)(F)c1ccccc1.Sc1ccccc1. The van der Waals surface area contributed by atoms with Crippen LogP contribution in [0.3, 0.4) is 0 Å². The van der Waals surface area contributed by atoms with Crippen molar-refractivity contribution in [2.24, 2.45) is 0 Å². The summed E-state index contributed by atoms with van der Waals surface area (Å²) >= 11 is 4.08. The normalized spacial score (nSPS) is 8.58. The highest BCUT2D eigenvalue weighted by Gasteiger charge is 2.42. The van der Waals surface area contributed by atoms with Gasteiger partial charge in [-0.25, -0.2) is 8.78 Å². The van der Waals surface area contributed by atoms with E-state index in [-0.39, 0.29) is 23.5 Å². The molecule has 0 atom stereocenters. The molecule has 24 heavy (non-hydrogen) atoms. The molecular formula is C14H17F9S. The Morgan fingerprint density at radius 3 is 1.25 bits per heavy atom. The molecule has 0 radical (unpaired) electrons. The van der Waals surface area contributed by atoms with Gasteiger partial charge in [0.15, 0.2) is 0 Å². The average Bonchev–Trinajstić information content (AvgIpc) is 2.41. The number of hydrogen-bond acceptors (Lipinski definition) is 1. The van der Waals surface area contributed by atoms with E-state index in [0.29, 0.717) is 0 Å². The van der Waals surface area contributed by atoms with E-state index in [9.17, 15) is 17.6 Å². The predicted octanol–water partition coefficient (Wildman–Crippen LogP) is 5.78. The molecule has 0 saturated carbocycles. The number of rotatable bonds is 2. The van der Waals surface area contributed by atoms with Crippen LogP contribution in [0.1, 0.15) is 5.56 Å². The second kappa shape index (κ2) is 16.0. The summed E-state index contributed by atoms with van der Waals surface area (Å²) in [6.45, 7) is 0. The van der Waals surface area contributed by atoms with Gasteiger partial charge in [0.1, 0.15) is 0 Å². The average molecular weight is 388 g/mol. The largest absolute Gasteiger partial charge is 0.332 e.